The van der Waals surface area contributed by atoms with Gasteiger partial charge in [0.2, 0.25) is 5.75 Å². The lowest BCUT2D eigenvalue weighted by molar-refractivity contribution is -0.385. The van der Waals surface area contributed by atoms with Crippen LogP contribution < -0.4 is 4.74 Å². The van der Waals surface area contributed by atoms with Gasteiger partial charge in [0.05, 0.1) is 17.6 Å². The highest BCUT2D eigenvalue weighted by molar-refractivity contribution is 5.88. The van der Waals surface area contributed by atoms with Crippen molar-refractivity contribution in [1.82, 2.24) is 4.98 Å². The Morgan fingerprint density at radius 1 is 1.16 bits per heavy atom. The summed E-state index contributed by atoms with van der Waals surface area (Å²) in [5.41, 5.74) is 0.198. The number of hydrogen-bond acceptors (Lipinski definition) is 6. The first-order valence-corrected chi connectivity index (χ1v) is 7.02. The Morgan fingerprint density at radius 2 is 1.84 bits per heavy atom. The minimum absolute atomic E-state index is 0.252. The fraction of sp³-hybridized carbons (Fsp3) is 0.0588. The van der Waals surface area contributed by atoms with Gasteiger partial charge in [0, 0.05) is 17.6 Å². The number of hydrogen-bond donors (Lipinski definition) is 2. The van der Waals surface area contributed by atoms with E-state index >= 15 is 0 Å². The number of methoxy groups -OCH3 is 1. The summed E-state index contributed by atoms with van der Waals surface area (Å²) in [7, 11) is 1.54. The van der Waals surface area contributed by atoms with E-state index in [1.165, 1.54) is 31.5 Å². The van der Waals surface area contributed by atoms with Gasteiger partial charge in [0.1, 0.15) is 11.3 Å². The molecule has 0 spiro atoms. The standard InChI is InChI=1S/C9H6N2O3.C8H8O3/c12-9-7(11(13)14)4-3-6-2-1-5-10-8(6)9;1-11-7-4-2-6(3-5-7)8(9)10/h1-5,12H;2-5H,1H3,(H,9,10). The molecular weight excluding hydrogens is 328 g/mol. The lowest BCUT2D eigenvalue weighted by Gasteiger charge is -1.99. The molecule has 0 atom stereocenters. The number of ether oxygens (including phenoxy) is 1. The number of carbonyl (C=O) groups is 1. The third-order valence-corrected chi connectivity index (χ3v) is 3.26. The van der Waals surface area contributed by atoms with Crippen LogP contribution in [0.2, 0.25) is 0 Å². The molecule has 8 nitrogen and oxygen atoms in total. The average molecular weight is 342 g/mol. The van der Waals surface area contributed by atoms with Crippen molar-refractivity contribution in [3.05, 3.63) is 70.4 Å². The van der Waals surface area contributed by atoms with E-state index in [1.807, 2.05) is 0 Å². The van der Waals surface area contributed by atoms with E-state index < -0.39 is 10.9 Å². The Kier molecular flexibility index (Phi) is 5.47. The highest BCUT2D eigenvalue weighted by atomic mass is 16.6. The molecule has 0 aliphatic carbocycles. The number of benzene rings is 2. The predicted molar refractivity (Wildman–Crippen MR) is 90.0 cm³/mol. The summed E-state index contributed by atoms with van der Waals surface area (Å²) in [6.45, 7) is 0. The van der Waals surface area contributed by atoms with Crippen LogP contribution >= 0.6 is 0 Å². The van der Waals surface area contributed by atoms with Crippen molar-refractivity contribution in [2.45, 2.75) is 0 Å². The predicted octanol–water partition coefficient (Wildman–Crippen LogP) is 3.24. The molecule has 3 aromatic rings. The van der Waals surface area contributed by atoms with Gasteiger partial charge in [-0.15, -0.1) is 0 Å². The van der Waals surface area contributed by atoms with Gasteiger partial charge >= 0.3 is 11.7 Å². The fourth-order valence-corrected chi connectivity index (χ4v) is 2.00. The third-order valence-electron chi connectivity index (χ3n) is 3.26. The minimum Gasteiger partial charge on any atom is -0.501 e. The van der Waals surface area contributed by atoms with E-state index in [4.69, 9.17) is 9.84 Å². The Hall–Kier alpha value is -3.68. The van der Waals surface area contributed by atoms with Crippen LogP contribution in [0.5, 0.6) is 11.5 Å². The molecule has 0 fully saturated rings. The maximum absolute atomic E-state index is 10.5. The third kappa shape index (κ3) is 4.20. The largest absolute Gasteiger partial charge is 0.501 e. The zero-order valence-corrected chi connectivity index (χ0v) is 13.1. The van der Waals surface area contributed by atoms with Crippen LogP contribution in [0.25, 0.3) is 10.9 Å². The molecule has 0 aliphatic rings. The number of phenolic OH excluding ortho intramolecular Hbond substituents is 1. The van der Waals surface area contributed by atoms with E-state index in [1.54, 1.807) is 30.3 Å². The lowest BCUT2D eigenvalue weighted by atomic mass is 10.2. The van der Waals surface area contributed by atoms with Gasteiger partial charge in [-0.1, -0.05) is 6.07 Å². The van der Waals surface area contributed by atoms with Crippen LogP contribution in [-0.4, -0.2) is 33.2 Å². The molecule has 0 bridgehead atoms. The fourth-order valence-electron chi connectivity index (χ4n) is 2.00. The van der Waals surface area contributed by atoms with Gasteiger partial charge in [-0.25, -0.2) is 4.79 Å². The first-order chi connectivity index (χ1) is 11.9. The summed E-state index contributed by atoms with van der Waals surface area (Å²) < 4.78 is 4.86. The average Bonchev–Trinajstić information content (AvgIpc) is 2.62. The molecule has 25 heavy (non-hydrogen) atoms. The minimum atomic E-state index is -0.923. The number of nitrogens with zero attached hydrogens (tertiary/aromatic N) is 2. The molecule has 0 saturated heterocycles. The van der Waals surface area contributed by atoms with E-state index in [2.05, 4.69) is 4.98 Å². The van der Waals surface area contributed by atoms with Crippen molar-refractivity contribution in [3.63, 3.8) is 0 Å². The van der Waals surface area contributed by atoms with Crippen molar-refractivity contribution >= 4 is 22.6 Å². The van der Waals surface area contributed by atoms with Crippen LogP contribution in [-0.2, 0) is 0 Å². The highest BCUT2D eigenvalue weighted by Gasteiger charge is 2.15. The molecule has 2 aromatic carbocycles. The van der Waals surface area contributed by atoms with Crippen LogP contribution in [0.4, 0.5) is 5.69 Å². The number of carboxylic acids is 1. The summed E-state index contributed by atoms with van der Waals surface area (Å²) >= 11 is 0. The topological polar surface area (TPSA) is 123 Å². The van der Waals surface area contributed by atoms with Crippen molar-refractivity contribution < 1.29 is 24.7 Å². The molecular formula is C17H14N2O6. The molecule has 1 aromatic heterocycles. The maximum atomic E-state index is 10.5. The molecule has 2 N–H and O–H groups in total. The van der Waals surface area contributed by atoms with Crippen LogP contribution in [0.15, 0.2) is 54.7 Å². The van der Waals surface area contributed by atoms with Crippen LogP contribution in [0.1, 0.15) is 10.4 Å². The van der Waals surface area contributed by atoms with Crippen LogP contribution in [0, 0.1) is 10.1 Å². The Balaban J connectivity index is 0.000000186. The highest BCUT2D eigenvalue weighted by Crippen LogP contribution is 2.32. The Labute approximate surface area is 142 Å². The molecule has 0 radical (unpaired) electrons. The zero-order valence-electron chi connectivity index (χ0n) is 13.1. The second-order valence-electron chi connectivity index (χ2n) is 4.80. The summed E-state index contributed by atoms with van der Waals surface area (Å²) in [4.78, 5) is 24.1. The summed E-state index contributed by atoms with van der Waals surface area (Å²) in [6.07, 6.45) is 1.48. The molecule has 0 aliphatic heterocycles. The van der Waals surface area contributed by atoms with Crippen molar-refractivity contribution in [2.75, 3.05) is 7.11 Å². The maximum Gasteiger partial charge on any atom is 0.335 e. The SMILES string of the molecule is COc1ccc(C(=O)O)cc1.O=[N+]([O-])c1ccc2cccnc2c1O. The quantitative estimate of drug-likeness (QED) is 0.553. The van der Waals surface area contributed by atoms with Crippen LogP contribution in [0.3, 0.4) is 0 Å². The lowest BCUT2D eigenvalue weighted by Crippen LogP contribution is -1.95. The Bertz CT molecular complexity index is 909. The monoisotopic (exact) mass is 342 g/mol. The number of fused-ring (bicyclic) bond motifs is 1. The number of phenols is 1. The molecule has 0 saturated carbocycles. The number of aromatic carboxylic acids is 1. The molecule has 128 valence electrons. The van der Waals surface area contributed by atoms with Gasteiger partial charge in [-0.2, -0.15) is 0 Å². The first-order valence-electron chi connectivity index (χ1n) is 7.02. The second kappa shape index (κ2) is 7.73. The molecule has 0 amide bonds. The van der Waals surface area contributed by atoms with E-state index in [-0.39, 0.29) is 22.5 Å². The van der Waals surface area contributed by atoms with Gasteiger partial charge < -0.3 is 14.9 Å². The smallest absolute Gasteiger partial charge is 0.335 e. The van der Waals surface area contributed by atoms with Crippen molar-refractivity contribution in [3.8, 4) is 11.5 Å². The first kappa shape index (κ1) is 17.7. The number of carboxylic acid groups (broad SMARTS) is 1. The van der Waals surface area contributed by atoms with E-state index in [9.17, 15) is 20.0 Å². The molecule has 0 unspecified atom stereocenters. The van der Waals surface area contributed by atoms with Gasteiger partial charge in [0.15, 0.2) is 0 Å². The number of nitro groups is 1. The Morgan fingerprint density at radius 3 is 2.40 bits per heavy atom. The normalized spacial score (nSPS) is 9.80. The number of nitro benzene ring substituents is 1. The van der Waals surface area contributed by atoms with Crippen molar-refractivity contribution in [1.29, 1.82) is 0 Å². The van der Waals surface area contributed by atoms with E-state index in [0.717, 1.165) is 0 Å². The number of aromatic hydroxyl groups is 1. The van der Waals surface area contributed by atoms with Crippen molar-refractivity contribution in [2.24, 2.45) is 0 Å². The van der Waals surface area contributed by atoms with Gasteiger partial charge in [0.25, 0.3) is 0 Å². The number of aromatic nitrogens is 1. The summed E-state index contributed by atoms with van der Waals surface area (Å²) in [5.74, 6) is -0.643. The second-order valence-corrected chi connectivity index (χ2v) is 4.80. The molecule has 8 heteroatoms. The molecule has 3 rings (SSSR count). The molecule has 1 heterocycles. The number of rotatable bonds is 3. The van der Waals surface area contributed by atoms with Gasteiger partial charge in [-0.05, 0) is 36.4 Å². The van der Waals surface area contributed by atoms with Gasteiger partial charge in [-0.3, -0.25) is 15.1 Å². The van der Waals surface area contributed by atoms with E-state index in [0.29, 0.717) is 11.1 Å². The number of pyridine rings is 1. The zero-order chi connectivity index (χ0) is 18.4. The summed E-state index contributed by atoms with van der Waals surface area (Å²) in [6, 6.07) is 12.5. The summed E-state index contributed by atoms with van der Waals surface area (Å²) in [5, 5.41) is 29.2.